The summed E-state index contributed by atoms with van der Waals surface area (Å²) in [6, 6.07) is 20.4. The largest absolute Gasteiger partial charge is 0.0837 e. The van der Waals surface area contributed by atoms with Crippen molar-refractivity contribution in [2.24, 2.45) is 23.7 Å². The summed E-state index contributed by atoms with van der Waals surface area (Å²) in [4.78, 5) is 0. The fraction of sp³-hybridized carbons (Fsp3) is 0.385. The van der Waals surface area contributed by atoms with Gasteiger partial charge in [0.25, 0.3) is 0 Å². The van der Waals surface area contributed by atoms with Gasteiger partial charge in [0.1, 0.15) is 0 Å². The third-order valence-electron chi connectivity index (χ3n) is 8.51. The highest BCUT2D eigenvalue weighted by atomic mass is 35.5. The van der Waals surface area contributed by atoms with E-state index < -0.39 is 0 Å². The Morgan fingerprint density at radius 3 is 2.07 bits per heavy atom. The van der Waals surface area contributed by atoms with Gasteiger partial charge >= 0.3 is 0 Å². The highest BCUT2D eigenvalue weighted by Crippen LogP contribution is 2.70. The minimum atomic E-state index is 0.215. The van der Waals surface area contributed by atoms with Crippen molar-refractivity contribution >= 4 is 22.4 Å². The fourth-order valence-electron chi connectivity index (χ4n) is 7.96. The minimum absolute atomic E-state index is 0.215. The van der Waals surface area contributed by atoms with Gasteiger partial charge in [0, 0.05) is 15.8 Å². The molecule has 5 aliphatic rings. The molecule has 0 atom stereocenters. The molecular weight excluding hydrogens is 348 g/mol. The van der Waals surface area contributed by atoms with E-state index in [0.717, 1.165) is 28.7 Å². The second-order valence-corrected chi connectivity index (χ2v) is 9.95. The van der Waals surface area contributed by atoms with Crippen LogP contribution in [0.3, 0.4) is 0 Å². The third-order valence-corrected chi connectivity index (χ3v) is 8.82. The fourth-order valence-corrected chi connectivity index (χ4v) is 8.24. The van der Waals surface area contributed by atoms with E-state index >= 15 is 0 Å². The summed E-state index contributed by atoms with van der Waals surface area (Å²) in [5, 5.41) is 3.48. The highest BCUT2D eigenvalue weighted by molar-refractivity contribution is 6.36. The Balaban J connectivity index is 1.63. The van der Waals surface area contributed by atoms with Crippen molar-refractivity contribution in [3.8, 4) is 11.1 Å². The summed E-state index contributed by atoms with van der Waals surface area (Å²) < 4.78 is 0. The standard InChI is InChI=1S/C26H23Cl/c27-24-14-23-25(20-6-2-1-5-19(20)24)21-7-3-4-8-22(21)26(23)17-10-15-9-16(12-17)13-18(26)11-15/h1-8,14-18H,9-13H2. The molecule has 0 saturated heterocycles. The number of rotatable bonds is 0. The molecule has 8 rings (SSSR count). The molecule has 1 spiro atoms. The van der Waals surface area contributed by atoms with E-state index in [4.69, 9.17) is 11.6 Å². The monoisotopic (exact) mass is 370 g/mol. The van der Waals surface area contributed by atoms with E-state index in [0.29, 0.717) is 0 Å². The van der Waals surface area contributed by atoms with Gasteiger partial charge in [0.2, 0.25) is 0 Å². The van der Waals surface area contributed by atoms with Crippen LogP contribution in [0.15, 0.2) is 54.6 Å². The SMILES string of the molecule is Clc1cc2c(c3ccccc13)-c1ccccc1C21C2CC3CC(C2)CC1C3. The van der Waals surface area contributed by atoms with Crippen molar-refractivity contribution in [1.29, 1.82) is 0 Å². The molecular formula is C26H23Cl. The average Bonchev–Trinajstić information content (AvgIpc) is 2.97. The zero-order valence-electron chi connectivity index (χ0n) is 15.4. The number of hydrogen-bond acceptors (Lipinski definition) is 0. The number of hydrogen-bond donors (Lipinski definition) is 0. The van der Waals surface area contributed by atoms with Crippen LogP contribution >= 0.6 is 11.6 Å². The first-order valence-electron chi connectivity index (χ1n) is 10.6. The highest BCUT2D eigenvalue weighted by Gasteiger charge is 2.61. The number of halogens is 1. The molecule has 3 aromatic rings. The molecule has 1 heteroatoms. The van der Waals surface area contributed by atoms with Crippen LogP contribution in [0.25, 0.3) is 21.9 Å². The Morgan fingerprint density at radius 1 is 0.704 bits per heavy atom. The maximum absolute atomic E-state index is 6.88. The number of fused-ring (bicyclic) bond motifs is 5. The molecule has 4 fully saturated rings. The summed E-state index contributed by atoms with van der Waals surface area (Å²) in [5.74, 6) is 3.55. The minimum Gasteiger partial charge on any atom is -0.0837 e. The second-order valence-electron chi connectivity index (χ2n) is 9.55. The van der Waals surface area contributed by atoms with E-state index in [1.807, 2.05) is 0 Å². The first-order chi connectivity index (χ1) is 13.3. The van der Waals surface area contributed by atoms with Crippen LogP contribution in [0.5, 0.6) is 0 Å². The summed E-state index contributed by atoms with van der Waals surface area (Å²) in [7, 11) is 0. The summed E-state index contributed by atoms with van der Waals surface area (Å²) >= 11 is 6.88. The van der Waals surface area contributed by atoms with Gasteiger partial charge in [-0.15, -0.1) is 0 Å². The summed E-state index contributed by atoms with van der Waals surface area (Å²) in [6.45, 7) is 0. The van der Waals surface area contributed by atoms with Crippen LogP contribution in [0, 0.1) is 23.7 Å². The second kappa shape index (κ2) is 4.97. The quantitative estimate of drug-likeness (QED) is 0.392. The molecule has 0 radical (unpaired) electrons. The van der Waals surface area contributed by atoms with Crippen molar-refractivity contribution < 1.29 is 0 Å². The third kappa shape index (κ3) is 1.68. The van der Waals surface area contributed by atoms with Crippen molar-refractivity contribution in [2.45, 2.75) is 37.5 Å². The predicted molar refractivity (Wildman–Crippen MR) is 112 cm³/mol. The van der Waals surface area contributed by atoms with Crippen LogP contribution in [0.2, 0.25) is 5.02 Å². The summed E-state index contributed by atoms with van der Waals surface area (Å²) in [6.07, 6.45) is 7.18. The molecule has 0 unspecified atom stereocenters. The van der Waals surface area contributed by atoms with Crippen molar-refractivity contribution in [3.63, 3.8) is 0 Å². The maximum atomic E-state index is 6.88. The molecule has 134 valence electrons. The Morgan fingerprint density at radius 2 is 1.33 bits per heavy atom. The maximum Gasteiger partial charge on any atom is 0.0487 e. The van der Waals surface area contributed by atoms with E-state index in [2.05, 4.69) is 54.6 Å². The van der Waals surface area contributed by atoms with E-state index in [-0.39, 0.29) is 5.41 Å². The Labute approximate surface area is 165 Å². The van der Waals surface area contributed by atoms with Gasteiger partial charge in [-0.1, -0.05) is 60.1 Å². The van der Waals surface area contributed by atoms with Gasteiger partial charge < -0.3 is 0 Å². The lowest BCUT2D eigenvalue weighted by atomic mass is 9.43. The van der Waals surface area contributed by atoms with Crippen LogP contribution < -0.4 is 0 Å². The van der Waals surface area contributed by atoms with Crippen molar-refractivity contribution in [2.75, 3.05) is 0 Å². The van der Waals surface area contributed by atoms with Crippen molar-refractivity contribution in [1.82, 2.24) is 0 Å². The molecule has 0 amide bonds. The van der Waals surface area contributed by atoms with E-state index in [1.54, 1.807) is 11.1 Å². The zero-order chi connectivity index (χ0) is 17.8. The number of benzene rings is 3. The molecule has 4 bridgehead atoms. The van der Waals surface area contributed by atoms with E-state index in [9.17, 15) is 0 Å². The first-order valence-corrected chi connectivity index (χ1v) is 11.0. The van der Waals surface area contributed by atoms with Gasteiger partial charge in [-0.3, -0.25) is 0 Å². The van der Waals surface area contributed by atoms with Crippen molar-refractivity contribution in [3.05, 3.63) is 70.7 Å². The predicted octanol–water partition coefficient (Wildman–Crippen LogP) is 7.22. The average molecular weight is 371 g/mol. The molecule has 0 N–H and O–H groups in total. The van der Waals surface area contributed by atoms with Gasteiger partial charge in [0.15, 0.2) is 0 Å². The molecule has 4 saturated carbocycles. The van der Waals surface area contributed by atoms with Crippen LogP contribution in [0.4, 0.5) is 0 Å². The molecule has 0 aliphatic heterocycles. The lowest BCUT2D eigenvalue weighted by Gasteiger charge is -2.61. The molecule has 27 heavy (non-hydrogen) atoms. The van der Waals surface area contributed by atoms with Gasteiger partial charge in [-0.25, -0.2) is 0 Å². The Bertz CT molecular complexity index is 1080. The lowest BCUT2D eigenvalue weighted by molar-refractivity contribution is -0.0399. The van der Waals surface area contributed by atoms with Crippen LogP contribution in [-0.4, -0.2) is 0 Å². The smallest absolute Gasteiger partial charge is 0.0487 e. The molecule has 0 aromatic heterocycles. The molecule has 5 aliphatic carbocycles. The first kappa shape index (κ1) is 15.2. The van der Waals surface area contributed by atoms with Crippen LogP contribution in [0.1, 0.15) is 43.2 Å². The topological polar surface area (TPSA) is 0 Å². The Kier molecular flexibility index (Phi) is 2.79. The zero-order valence-corrected chi connectivity index (χ0v) is 16.2. The van der Waals surface area contributed by atoms with Crippen LogP contribution in [-0.2, 0) is 5.41 Å². The van der Waals surface area contributed by atoms with E-state index in [1.165, 1.54) is 54.0 Å². The normalized spacial score (nSPS) is 35.0. The van der Waals surface area contributed by atoms with Gasteiger partial charge in [-0.2, -0.15) is 0 Å². The lowest BCUT2D eigenvalue weighted by Crippen LogP contribution is -2.55. The molecule has 0 nitrogen and oxygen atoms in total. The van der Waals surface area contributed by atoms with Gasteiger partial charge in [0.05, 0.1) is 0 Å². The van der Waals surface area contributed by atoms with Gasteiger partial charge in [-0.05, 0) is 89.5 Å². The molecule has 0 heterocycles. The summed E-state index contributed by atoms with van der Waals surface area (Å²) in [5.41, 5.74) is 6.35. The molecule has 3 aromatic carbocycles. The Hall–Kier alpha value is -1.79.